The van der Waals surface area contributed by atoms with Crippen molar-refractivity contribution in [1.29, 1.82) is 0 Å². The van der Waals surface area contributed by atoms with Gasteiger partial charge in [-0.2, -0.15) is 0 Å². The number of rotatable bonds is 4. The Bertz CT molecular complexity index is 938. The predicted octanol–water partition coefficient (Wildman–Crippen LogP) is 4.54. The SMILES string of the molecule is CC(Oc1cccc(Cl)c1)C(=O)N1CCn2cccc2C1c1ccccc1. The summed E-state index contributed by atoms with van der Waals surface area (Å²) in [5, 5.41) is 0.588. The number of aromatic nitrogens is 1. The number of halogens is 1. The van der Waals surface area contributed by atoms with Crippen molar-refractivity contribution in [1.82, 2.24) is 9.47 Å². The summed E-state index contributed by atoms with van der Waals surface area (Å²) in [6.07, 6.45) is 1.47. The lowest BCUT2D eigenvalue weighted by molar-refractivity contribution is -0.140. The standard InChI is InChI=1S/C22H21ClN2O2/c1-16(27-19-10-5-9-18(23)15-19)22(26)25-14-13-24-12-6-11-20(24)21(25)17-7-3-2-4-8-17/h2-12,15-16,21H,13-14H2,1H3. The Morgan fingerprint density at radius 3 is 2.67 bits per heavy atom. The van der Waals surface area contributed by atoms with E-state index in [0.29, 0.717) is 17.3 Å². The molecule has 5 heteroatoms. The molecule has 2 atom stereocenters. The average Bonchev–Trinajstić information content (AvgIpc) is 3.16. The van der Waals surface area contributed by atoms with Crippen LogP contribution in [0.2, 0.25) is 5.02 Å². The molecule has 0 radical (unpaired) electrons. The molecule has 0 saturated carbocycles. The van der Waals surface area contributed by atoms with Crippen LogP contribution in [0.5, 0.6) is 5.75 Å². The molecule has 0 N–H and O–H groups in total. The van der Waals surface area contributed by atoms with Gasteiger partial charge in [-0.1, -0.05) is 48.0 Å². The molecule has 138 valence electrons. The van der Waals surface area contributed by atoms with Gasteiger partial charge in [-0.25, -0.2) is 0 Å². The largest absolute Gasteiger partial charge is 0.481 e. The van der Waals surface area contributed by atoms with Crippen LogP contribution in [0.3, 0.4) is 0 Å². The maximum absolute atomic E-state index is 13.3. The highest BCUT2D eigenvalue weighted by Gasteiger charge is 2.34. The summed E-state index contributed by atoms with van der Waals surface area (Å²) in [7, 11) is 0. The molecule has 4 rings (SSSR count). The van der Waals surface area contributed by atoms with Gasteiger partial charge in [-0.15, -0.1) is 0 Å². The van der Waals surface area contributed by atoms with Crippen molar-refractivity contribution in [3.8, 4) is 5.75 Å². The molecule has 2 aromatic carbocycles. The summed E-state index contributed by atoms with van der Waals surface area (Å²) < 4.78 is 8.09. The molecule has 1 amide bonds. The molecule has 4 nitrogen and oxygen atoms in total. The first-order valence-corrected chi connectivity index (χ1v) is 9.44. The van der Waals surface area contributed by atoms with E-state index in [-0.39, 0.29) is 11.9 Å². The summed E-state index contributed by atoms with van der Waals surface area (Å²) in [5.41, 5.74) is 2.22. The molecule has 0 aliphatic carbocycles. The molecular weight excluding hydrogens is 360 g/mol. The second-order valence-electron chi connectivity index (χ2n) is 6.69. The van der Waals surface area contributed by atoms with Gasteiger partial charge in [0, 0.05) is 30.0 Å². The van der Waals surface area contributed by atoms with Crippen molar-refractivity contribution in [2.24, 2.45) is 0 Å². The maximum atomic E-state index is 13.3. The predicted molar refractivity (Wildman–Crippen MR) is 106 cm³/mol. The van der Waals surface area contributed by atoms with Gasteiger partial charge >= 0.3 is 0 Å². The van der Waals surface area contributed by atoms with E-state index in [1.54, 1.807) is 19.1 Å². The lowest BCUT2D eigenvalue weighted by Crippen LogP contribution is -2.47. The van der Waals surface area contributed by atoms with E-state index in [9.17, 15) is 4.79 Å². The Labute approximate surface area is 163 Å². The minimum Gasteiger partial charge on any atom is -0.481 e. The van der Waals surface area contributed by atoms with Gasteiger partial charge in [0.15, 0.2) is 6.10 Å². The zero-order chi connectivity index (χ0) is 18.8. The zero-order valence-corrected chi connectivity index (χ0v) is 15.8. The van der Waals surface area contributed by atoms with Gasteiger partial charge in [0.25, 0.3) is 5.91 Å². The summed E-state index contributed by atoms with van der Waals surface area (Å²) in [6.45, 7) is 3.21. The van der Waals surface area contributed by atoms with Crippen molar-refractivity contribution >= 4 is 17.5 Å². The summed E-state index contributed by atoms with van der Waals surface area (Å²) in [5.74, 6) is 0.566. The minimum atomic E-state index is -0.601. The quantitative estimate of drug-likeness (QED) is 0.666. The van der Waals surface area contributed by atoms with Crippen LogP contribution in [0.15, 0.2) is 72.9 Å². The third kappa shape index (κ3) is 3.58. The van der Waals surface area contributed by atoms with E-state index in [1.165, 1.54) is 0 Å². The Balaban J connectivity index is 1.62. The van der Waals surface area contributed by atoms with Crippen molar-refractivity contribution in [2.75, 3.05) is 6.54 Å². The second-order valence-corrected chi connectivity index (χ2v) is 7.13. The number of carbonyl (C=O) groups excluding carboxylic acids is 1. The number of benzene rings is 2. The van der Waals surface area contributed by atoms with Crippen LogP contribution < -0.4 is 4.74 Å². The number of fused-ring (bicyclic) bond motifs is 1. The molecule has 3 aromatic rings. The van der Waals surface area contributed by atoms with Crippen molar-refractivity contribution in [3.63, 3.8) is 0 Å². The third-order valence-corrected chi connectivity index (χ3v) is 5.13. The van der Waals surface area contributed by atoms with E-state index in [1.807, 2.05) is 41.3 Å². The Hall–Kier alpha value is -2.72. The first-order chi connectivity index (χ1) is 13.1. The molecule has 0 spiro atoms. The number of hydrogen-bond acceptors (Lipinski definition) is 2. The van der Waals surface area contributed by atoms with Crippen molar-refractivity contribution in [2.45, 2.75) is 25.6 Å². The molecule has 0 saturated heterocycles. The van der Waals surface area contributed by atoms with Crippen LogP contribution in [0.4, 0.5) is 0 Å². The Kier molecular flexibility index (Phi) is 4.90. The van der Waals surface area contributed by atoms with Crippen LogP contribution in [0, 0.1) is 0 Å². The van der Waals surface area contributed by atoms with Crippen molar-refractivity contribution in [3.05, 3.63) is 89.2 Å². The monoisotopic (exact) mass is 380 g/mol. The van der Waals surface area contributed by atoms with E-state index >= 15 is 0 Å². The fourth-order valence-corrected chi connectivity index (χ4v) is 3.82. The van der Waals surface area contributed by atoms with E-state index in [4.69, 9.17) is 16.3 Å². The smallest absolute Gasteiger partial charge is 0.264 e. The molecule has 27 heavy (non-hydrogen) atoms. The summed E-state index contributed by atoms with van der Waals surface area (Å²) in [4.78, 5) is 15.2. The first kappa shape index (κ1) is 17.7. The van der Waals surface area contributed by atoms with Gasteiger partial charge < -0.3 is 14.2 Å². The van der Waals surface area contributed by atoms with Crippen molar-refractivity contribution < 1.29 is 9.53 Å². The minimum absolute atomic E-state index is 0.0312. The number of amides is 1. The Morgan fingerprint density at radius 1 is 1.07 bits per heavy atom. The van der Waals surface area contributed by atoms with E-state index in [2.05, 4.69) is 29.0 Å². The maximum Gasteiger partial charge on any atom is 0.264 e. The van der Waals surface area contributed by atoms with Gasteiger partial charge in [0.05, 0.1) is 6.04 Å². The van der Waals surface area contributed by atoms with Gasteiger partial charge in [-0.05, 0) is 42.8 Å². The summed E-state index contributed by atoms with van der Waals surface area (Å²) in [6, 6.07) is 21.3. The first-order valence-electron chi connectivity index (χ1n) is 9.06. The molecule has 0 fully saturated rings. The van der Waals surface area contributed by atoms with Gasteiger partial charge in [-0.3, -0.25) is 4.79 Å². The molecule has 1 aliphatic rings. The number of ether oxygens (including phenoxy) is 1. The van der Waals surface area contributed by atoms with Crippen LogP contribution >= 0.6 is 11.6 Å². The normalized spacial score (nSPS) is 17.3. The topological polar surface area (TPSA) is 34.5 Å². The number of carbonyl (C=O) groups is 1. The third-order valence-electron chi connectivity index (χ3n) is 4.89. The lowest BCUT2D eigenvalue weighted by Gasteiger charge is -2.38. The molecule has 0 bridgehead atoms. The van der Waals surface area contributed by atoms with Crippen LogP contribution in [-0.2, 0) is 11.3 Å². The molecule has 2 heterocycles. The average molecular weight is 381 g/mol. The molecule has 1 aromatic heterocycles. The highest BCUT2D eigenvalue weighted by Crippen LogP contribution is 2.33. The fraction of sp³-hybridized carbons (Fsp3) is 0.227. The number of nitrogens with zero attached hydrogens (tertiary/aromatic N) is 2. The Morgan fingerprint density at radius 2 is 1.89 bits per heavy atom. The fourth-order valence-electron chi connectivity index (χ4n) is 3.64. The van der Waals surface area contributed by atoms with E-state index in [0.717, 1.165) is 17.8 Å². The second kappa shape index (κ2) is 7.49. The highest BCUT2D eigenvalue weighted by molar-refractivity contribution is 6.30. The van der Waals surface area contributed by atoms with Gasteiger partial charge in [0.1, 0.15) is 5.75 Å². The van der Waals surface area contributed by atoms with Crippen LogP contribution in [-0.4, -0.2) is 28.0 Å². The highest BCUT2D eigenvalue weighted by atomic mass is 35.5. The van der Waals surface area contributed by atoms with Crippen LogP contribution in [0.1, 0.15) is 24.2 Å². The lowest BCUT2D eigenvalue weighted by atomic mass is 9.99. The summed E-state index contributed by atoms with van der Waals surface area (Å²) >= 11 is 6.03. The zero-order valence-electron chi connectivity index (χ0n) is 15.1. The molecule has 1 aliphatic heterocycles. The number of hydrogen-bond donors (Lipinski definition) is 0. The molecule has 2 unspecified atom stereocenters. The van der Waals surface area contributed by atoms with Crippen LogP contribution in [0.25, 0.3) is 0 Å². The molecular formula is C22H21ClN2O2. The van der Waals surface area contributed by atoms with E-state index < -0.39 is 6.10 Å². The van der Waals surface area contributed by atoms with Gasteiger partial charge in [0.2, 0.25) is 0 Å².